The first kappa shape index (κ1) is 20.6. The van der Waals surface area contributed by atoms with E-state index in [1.807, 2.05) is 4.90 Å². The van der Waals surface area contributed by atoms with Gasteiger partial charge in [0.05, 0.1) is 23.7 Å². The van der Waals surface area contributed by atoms with Gasteiger partial charge in [0.2, 0.25) is 5.88 Å². The fourth-order valence-electron chi connectivity index (χ4n) is 3.39. The third kappa shape index (κ3) is 4.93. The van der Waals surface area contributed by atoms with Gasteiger partial charge in [0.15, 0.2) is 0 Å². The first-order valence-corrected chi connectivity index (χ1v) is 10.2. The fraction of sp³-hybridized carbons (Fsp3) is 0.450. The Morgan fingerprint density at radius 1 is 1.23 bits per heavy atom. The number of piperazine rings is 1. The minimum atomic E-state index is -0.169. The van der Waals surface area contributed by atoms with Crippen molar-refractivity contribution in [3.05, 3.63) is 30.2 Å². The predicted octanol–water partition coefficient (Wildman–Crippen LogP) is 1.72. The second-order valence-corrected chi connectivity index (χ2v) is 7.37. The van der Waals surface area contributed by atoms with Gasteiger partial charge in [-0.2, -0.15) is 0 Å². The van der Waals surface area contributed by atoms with Crippen LogP contribution in [0.1, 0.15) is 24.8 Å². The number of oxime groups is 1. The van der Waals surface area contributed by atoms with Gasteiger partial charge in [-0.05, 0) is 25.3 Å². The zero-order valence-electron chi connectivity index (χ0n) is 17.4. The van der Waals surface area contributed by atoms with Gasteiger partial charge in [-0.25, -0.2) is 19.7 Å². The lowest BCUT2D eigenvalue weighted by molar-refractivity contribution is 0.114. The molecule has 3 heterocycles. The van der Waals surface area contributed by atoms with Crippen molar-refractivity contribution in [3.8, 4) is 5.88 Å². The minimum absolute atomic E-state index is 0.169. The van der Waals surface area contributed by atoms with Gasteiger partial charge in [0, 0.05) is 32.2 Å². The Hall–Kier alpha value is -3.63. The summed E-state index contributed by atoms with van der Waals surface area (Å²) in [5.74, 6) is 1.58. The Morgan fingerprint density at radius 3 is 2.68 bits per heavy atom. The van der Waals surface area contributed by atoms with Crippen LogP contribution < -0.4 is 20.7 Å². The van der Waals surface area contributed by atoms with Gasteiger partial charge in [0.25, 0.3) is 0 Å². The van der Waals surface area contributed by atoms with E-state index in [0.717, 1.165) is 12.8 Å². The Labute approximate surface area is 180 Å². The number of carbonyl (C=O) groups is 1. The molecular weight excluding hydrogens is 400 g/mol. The molecule has 2 fully saturated rings. The Kier molecular flexibility index (Phi) is 6.29. The van der Waals surface area contributed by atoms with Crippen LogP contribution in [-0.2, 0) is 4.84 Å². The smallest absolute Gasteiger partial charge is 0.322 e. The molecule has 1 saturated carbocycles. The predicted molar refractivity (Wildman–Crippen MR) is 116 cm³/mol. The number of nitrogens with one attached hydrogen (secondary N) is 1. The van der Waals surface area contributed by atoms with Gasteiger partial charge in [0.1, 0.15) is 31.2 Å². The number of pyridine rings is 1. The number of nitrogen functional groups attached to an aromatic ring is 1. The highest BCUT2D eigenvalue weighted by atomic mass is 16.6. The molecular formula is C20H26N8O3. The van der Waals surface area contributed by atoms with Crippen molar-refractivity contribution in [2.45, 2.75) is 25.4 Å². The summed E-state index contributed by atoms with van der Waals surface area (Å²) in [6.07, 6.45) is 8.17. The molecule has 0 atom stereocenters. The summed E-state index contributed by atoms with van der Waals surface area (Å²) in [5, 5.41) is 6.67. The maximum atomic E-state index is 12.6. The molecule has 3 N–H and O–H groups in total. The maximum absolute atomic E-state index is 12.6. The fourth-order valence-corrected chi connectivity index (χ4v) is 3.39. The Morgan fingerprint density at radius 2 is 2.03 bits per heavy atom. The lowest BCUT2D eigenvalue weighted by atomic mass is 9.96. The quantitative estimate of drug-likeness (QED) is 0.527. The monoisotopic (exact) mass is 426 g/mol. The van der Waals surface area contributed by atoms with Gasteiger partial charge in [-0.1, -0.05) is 5.16 Å². The molecule has 0 bridgehead atoms. The number of anilines is 3. The first-order chi connectivity index (χ1) is 15.1. The number of nitrogens with two attached hydrogens (primary N) is 1. The molecule has 11 heteroatoms. The molecule has 4 rings (SSSR count). The molecule has 2 aromatic heterocycles. The SMILES string of the molecule is CON=Cc1c(N)ncnc1N1CCN(C(=O)Nc2ccc(OC3CCC3)nc2)CC1. The lowest BCUT2D eigenvalue weighted by Gasteiger charge is -2.35. The lowest BCUT2D eigenvalue weighted by Crippen LogP contribution is -2.50. The van der Waals surface area contributed by atoms with Crippen LogP contribution in [0, 0.1) is 0 Å². The molecule has 1 aliphatic carbocycles. The molecule has 1 saturated heterocycles. The van der Waals surface area contributed by atoms with E-state index >= 15 is 0 Å². The topological polar surface area (TPSA) is 131 Å². The van der Waals surface area contributed by atoms with E-state index in [4.69, 9.17) is 15.3 Å². The number of aromatic nitrogens is 3. The van der Waals surface area contributed by atoms with E-state index in [2.05, 4.69) is 25.4 Å². The van der Waals surface area contributed by atoms with Crippen molar-refractivity contribution in [1.29, 1.82) is 0 Å². The summed E-state index contributed by atoms with van der Waals surface area (Å²) in [6.45, 7) is 2.27. The van der Waals surface area contributed by atoms with Crippen LogP contribution in [0.3, 0.4) is 0 Å². The second kappa shape index (κ2) is 9.45. The van der Waals surface area contributed by atoms with Crippen molar-refractivity contribution in [2.24, 2.45) is 5.16 Å². The second-order valence-electron chi connectivity index (χ2n) is 7.37. The standard InChI is InChI=1S/C20H26N8O3/c1-30-25-12-16-18(21)23-13-24-19(16)27-7-9-28(10-8-27)20(29)26-14-5-6-17(22-11-14)31-15-3-2-4-15/h5-6,11-13,15H,2-4,7-10H2,1H3,(H,26,29)(H2,21,23,24). The van der Waals surface area contributed by atoms with E-state index in [1.54, 1.807) is 23.2 Å². The van der Waals surface area contributed by atoms with E-state index < -0.39 is 0 Å². The summed E-state index contributed by atoms with van der Waals surface area (Å²) >= 11 is 0. The summed E-state index contributed by atoms with van der Waals surface area (Å²) in [4.78, 5) is 33.8. The van der Waals surface area contributed by atoms with Crippen molar-refractivity contribution < 1.29 is 14.4 Å². The molecule has 2 aromatic rings. The highest BCUT2D eigenvalue weighted by Crippen LogP contribution is 2.25. The van der Waals surface area contributed by atoms with Crippen molar-refractivity contribution in [3.63, 3.8) is 0 Å². The van der Waals surface area contributed by atoms with Crippen molar-refractivity contribution >= 4 is 29.6 Å². The largest absolute Gasteiger partial charge is 0.474 e. The maximum Gasteiger partial charge on any atom is 0.322 e. The number of amides is 2. The van der Waals surface area contributed by atoms with Crippen LogP contribution in [0.2, 0.25) is 0 Å². The summed E-state index contributed by atoms with van der Waals surface area (Å²) in [6, 6.07) is 3.42. The van der Waals surface area contributed by atoms with E-state index in [9.17, 15) is 4.79 Å². The first-order valence-electron chi connectivity index (χ1n) is 10.2. The van der Waals surface area contributed by atoms with Gasteiger partial charge >= 0.3 is 6.03 Å². The van der Waals surface area contributed by atoms with Gasteiger partial charge < -0.3 is 30.4 Å². The molecule has 164 valence electrons. The zero-order chi connectivity index (χ0) is 21.6. The summed E-state index contributed by atoms with van der Waals surface area (Å²) in [7, 11) is 1.46. The van der Waals surface area contributed by atoms with Gasteiger partial charge in [-0.15, -0.1) is 0 Å². The minimum Gasteiger partial charge on any atom is -0.474 e. The highest BCUT2D eigenvalue weighted by Gasteiger charge is 2.24. The third-order valence-electron chi connectivity index (χ3n) is 5.37. The van der Waals surface area contributed by atoms with Crippen LogP contribution in [0.15, 0.2) is 29.8 Å². The van der Waals surface area contributed by atoms with Crippen LogP contribution in [-0.4, -0.2) is 71.5 Å². The molecule has 11 nitrogen and oxygen atoms in total. The average molecular weight is 426 g/mol. The number of rotatable bonds is 6. The average Bonchev–Trinajstić information content (AvgIpc) is 2.76. The summed E-state index contributed by atoms with van der Waals surface area (Å²) in [5.41, 5.74) is 7.19. The van der Waals surface area contributed by atoms with Crippen molar-refractivity contribution in [1.82, 2.24) is 19.9 Å². The molecule has 2 amide bonds. The summed E-state index contributed by atoms with van der Waals surface area (Å²) < 4.78 is 5.75. The number of hydrogen-bond donors (Lipinski definition) is 2. The molecule has 0 aromatic carbocycles. The van der Waals surface area contributed by atoms with Crippen LogP contribution >= 0.6 is 0 Å². The number of hydrogen-bond acceptors (Lipinski definition) is 9. The molecule has 31 heavy (non-hydrogen) atoms. The number of ether oxygens (including phenoxy) is 1. The number of nitrogens with zero attached hydrogens (tertiary/aromatic N) is 6. The van der Waals surface area contributed by atoms with Crippen LogP contribution in [0.25, 0.3) is 0 Å². The molecule has 0 radical (unpaired) electrons. The number of urea groups is 1. The van der Waals surface area contributed by atoms with E-state index in [1.165, 1.54) is 26.1 Å². The van der Waals surface area contributed by atoms with E-state index in [0.29, 0.717) is 54.9 Å². The third-order valence-corrected chi connectivity index (χ3v) is 5.37. The molecule has 0 unspecified atom stereocenters. The number of carbonyl (C=O) groups excluding carboxylic acids is 1. The van der Waals surface area contributed by atoms with Gasteiger partial charge in [-0.3, -0.25) is 0 Å². The Bertz CT molecular complexity index is 925. The van der Waals surface area contributed by atoms with Crippen LogP contribution in [0.4, 0.5) is 22.1 Å². The molecule has 0 spiro atoms. The molecule has 2 aliphatic rings. The normalized spacial score (nSPS) is 16.8. The molecule has 1 aliphatic heterocycles. The van der Waals surface area contributed by atoms with Crippen molar-refractivity contribution in [2.75, 3.05) is 49.2 Å². The zero-order valence-corrected chi connectivity index (χ0v) is 17.4. The van der Waals surface area contributed by atoms with Crippen LogP contribution in [0.5, 0.6) is 5.88 Å². The van der Waals surface area contributed by atoms with E-state index in [-0.39, 0.29) is 12.1 Å². The highest BCUT2D eigenvalue weighted by molar-refractivity contribution is 5.92. The Balaban J connectivity index is 1.32.